The van der Waals surface area contributed by atoms with Gasteiger partial charge in [-0.3, -0.25) is 0 Å². The van der Waals surface area contributed by atoms with Gasteiger partial charge in [0.05, 0.1) is 16.7 Å². The van der Waals surface area contributed by atoms with E-state index in [2.05, 4.69) is 4.72 Å². The van der Waals surface area contributed by atoms with E-state index in [1.165, 1.54) is 0 Å². The molecule has 17 heavy (non-hydrogen) atoms. The average Bonchev–Trinajstić information content (AvgIpc) is 2.20. The van der Waals surface area contributed by atoms with Crippen molar-refractivity contribution in [2.75, 3.05) is 25.9 Å². The molecule has 102 valence electrons. The minimum Gasteiger partial charge on any atom is -0.444 e. The number of hydrogen-bond acceptors (Lipinski definition) is 3. The van der Waals surface area contributed by atoms with E-state index in [1.54, 1.807) is 11.9 Å². The Hall–Kier alpha value is -0.620. The summed E-state index contributed by atoms with van der Waals surface area (Å²) in [6, 6.07) is 0. The summed E-state index contributed by atoms with van der Waals surface area (Å²) in [6.45, 7) is 8.56. The molecule has 1 amide bonds. The molecule has 0 rings (SSSR count). The van der Waals surface area contributed by atoms with Gasteiger partial charge < -0.3 is 9.64 Å². The summed E-state index contributed by atoms with van der Waals surface area (Å²) in [7, 11) is 0.542. The molecule has 0 aromatic carbocycles. The van der Waals surface area contributed by atoms with E-state index in [1.807, 2.05) is 27.7 Å². The van der Waals surface area contributed by atoms with Crippen molar-refractivity contribution in [3.05, 3.63) is 0 Å². The van der Waals surface area contributed by atoms with Gasteiger partial charge in [-0.15, -0.1) is 0 Å². The molecule has 0 saturated heterocycles. The van der Waals surface area contributed by atoms with Crippen LogP contribution < -0.4 is 4.72 Å². The average molecular weight is 264 g/mol. The summed E-state index contributed by atoms with van der Waals surface area (Å²) < 4.78 is 19.2. The molecule has 0 aliphatic heterocycles. The van der Waals surface area contributed by atoms with Crippen molar-refractivity contribution in [2.24, 2.45) is 0 Å². The molecule has 0 fully saturated rings. The number of amides is 1. The van der Waals surface area contributed by atoms with Crippen LogP contribution in [0, 0.1) is 0 Å². The highest BCUT2D eigenvalue weighted by Crippen LogP contribution is 2.10. The number of rotatable bonds is 6. The molecule has 6 heteroatoms. The number of carbonyl (C=O) groups is 1. The lowest BCUT2D eigenvalue weighted by Gasteiger charge is -2.27. The first-order valence-electron chi connectivity index (χ1n) is 5.84. The van der Waals surface area contributed by atoms with Gasteiger partial charge in [0, 0.05) is 13.1 Å². The van der Waals surface area contributed by atoms with Crippen molar-refractivity contribution in [1.82, 2.24) is 9.62 Å². The molecule has 0 saturated carbocycles. The minimum atomic E-state index is -1.09. The number of carbonyl (C=O) groups excluding carboxylic acids is 1. The minimum absolute atomic E-state index is 0.340. The molecule has 1 atom stereocenters. The van der Waals surface area contributed by atoms with Crippen molar-refractivity contribution in [3.8, 4) is 0 Å². The van der Waals surface area contributed by atoms with Gasteiger partial charge in [0.1, 0.15) is 5.60 Å². The normalized spacial score (nSPS) is 13.2. The third-order valence-corrected chi connectivity index (χ3v) is 2.93. The topological polar surface area (TPSA) is 58.6 Å². The lowest BCUT2D eigenvalue weighted by molar-refractivity contribution is 0.0262. The van der Waals surface area contributed by atoms with Crippen LogP contribution in [0.3, 0.4) is 0 Å². The van der Waals surface area contributed by atoms with Crippen LogP contribution in [0.5, 0.6) is 0 Å². The third-order valence-electron chi connectivity index (χ3n) is 1.92. The number of nitrogens with zero attached hydrogens (tertiary/aromatic N) is 1. The maximum Gasteiger partial charge on any atom is 0.410 e. The highest BCUT2D eigenvalue weighted by molar-refractivity contribution is 7.83. The number of hydrogen-bond donors (Lipinski definition) is 1. The zero-order chi connectivity index (χ0) is 13.5. The van der Waals surface area contributed by atoms with Gasteiger partial charge in [-0.05, 0) is 34.2 Å². The Morgan fingerprint density at radius 1 is 1.35 bits per heavy atom. The fraction of sp³-hybridized carbons (Fsp3) is 0.909. The van der Waals surface area contributed by atoms with E-state index < -0.39 is 16.6 Å². The maximum atomic E-state index is 11.8. The van der Waals surface area contributed by atoms with Crippen LogP contribution >= 0.6 is 0 Å². The van der Waals surface area contributed by atoms with Gasteiger partial charge in [-0.2, -0.15) is 0 Å². The van der Waals surface area contributed by atoms with Crippen molar-refractivity contribution >= 4 is 17.1 Å². The highest BCUT2D eigenvalue weighted by Gasteiger charge is 2.21. The Labute approximate surface area is 106 Å². The Balaban J connectivity index is 4.31. The van der Waals surface area contributed by atoms with Crippen molar-refractivity contribution in [3.63, 3.8) is 0 Å². The SMILES string of the molecule is CCCN(CCS(=O)NC)C(=O)OC(C)(C)C. The van der Waals surface area contributed by atoms with Crippen LogP contribution in [0.2, 0.25) is 0 Å². The summed E-state index contributed by atoms with van der Waals surface area (Å²) in [6.07, 6.45) is 0.512. The summed E-state index contributed by atoms with van der Waals surface area (Å²) in [5.74, 6) is 0.412. The van der Waals surface area contributed by atoms with Gasteiger partial charge in [-0.1, -0.05) is 6.92 Å². The van der Waals surface area contributed by atoms with Crippen molar-refractivity contribution in [2.45, 2.75) is 39.7 Å². The Morgan fingerprint density at radius 3 is 2.35 bits per heavy atom. The molecule has 0 aromatic rings. The lowest BCUT2D eigenvalue weighted by Crippen LogP contribution is -2.40. The Morgan fingerprint density at radius 2 is 1.94 bits per heavy atom. The Bertz CT molecular complexity index is 264. The quantitative estimate of drug-likeness (QED) is 0.791. The first-order valence-corrected chi connectivity index (χ1v) is 7.15. The Kier molecular flexibility index (Phi) is 7.38. The second kappa shape index (κ2) is 7.66. The largest absolute Gasteiger partial charge is 0.444 e. The van der Waals surface area contributed by atoms with Gasteiger partial charge in [0.15, 0.2) is 0 Å². The monoisotopic (exact) mass is 264 g/mol. The summed E-state index contributed by atoms with van der Waals surface area (Å²) in [5, 5.41) is 0. The number of nitrogens with one attached hydrogen (secondary N) is 1. The maximum absolute atomic E-state index is 11.8. The molecule has 1 unspecified atom stereocenters. The standard InChI is InChI=1S/C11H24N2O3S/c1-6-7-13(8-9-17(15)12-5)10(14)16-11(2,3)4/h12H,6-9H2,1-5H3. The van der Waals surface area contributed by atoms with Crippen LogP contribution in [0.4, 0.5) is 4.79 Å². The van der Waals surface area contributed by atoms with Gasteiger partial charge >= 0.3 is 6.09 Å². The molecule has 0 bridgehead atoms. The van der Waals surface area contributed by atoms with E-state index >= 15 is 0 Å². The van der Waals surface area contributed by atoms with Crippen LogP contribution in [0.1, 0.15) is 34.1 Å². The van der Waals surface area contributed by atoms with E-state index in [0.717, 1.165) is 6.42 Å². The van der Waals surface area contributed by atoms with E-state index in [9.17, 15) is 9.00 Å². The van der Waals surface area contributed by atoms with Crippen molar-refractivity contribution < 1.29 is 13.7 Å². The molecule has 0 heterocycles. The molecule has 0 aromatic heterocycles. The predicted octanol–water partition coefficient (Wildman–Crippen LogP) is 1.52. The van der Waals surface area contributed by atoms with E-state index in [-0.39, 0.29) is 6.09 Å². The molecule has 0 spiro atoms. The highest BCUT2D eigenvalue weighted by atomic mass is 32.2. The molecule has 0 radical (unpaired) electrons. The van der Waals surface area contributed by atoms with E-state index in [4.69, 9.17) is 4.74 Å². The van der Waals surface area contributed by atoms with Crippen LogP contribution in [-0.2, 0) is 15.7 Å². The summed E-state index contributed by atoms with van der Waals surface area (Å²) in [4.78, 5) is 13.4. The zero-order valence-electron chi connectivity index (χ0n) is 11.4. The van der Waals surface area contributed by atoms with E-state index in [0.29, 0.717) is 18.8 Å². The molecular weight excluding hydrogens is 240 g/mol. The second-order valence-electron chi connectivity index (χ2n) is 4.72. The first-order chi connectivity index (χ1) is 7.80. The summed E-state index contributed by atoms with van der Waals surface area (Å²) in [5.41, 5.74) is -0.495. The van der Waals surface area contributed by atoms with Crippen LogP contribution in [0.25, 0.3) is 0 Å². The molecule has 1 N–H and O–H groups in total. The zero-order valence-corrected chi connectivity index (χ0v) is 12.2. The molecule has 0 aliphatic carbocycles. The smallest absolute Gasteiger partial charge is 0.410 e. The predicted molar refractivity (Wildman–Crippen MR) is 70.2 cm³/mol. The number of ether oxygens (including phenoxy) is 1. The molecule has 0 aliphatic rings. The van der Waals surface area contributed by atoms with Gasteiger partial charge in [-0.25, -0.2) is 13.7 Å². The molecule has 5 nitrogen and oxygen atoms in total. The van der Waals surface area contributed by atoms with Crippen LogP contribution in [0.15, 0.2) is 0 Å². The fourth-order valence-corrected chi connectivity index (χ4v) is 1.78. The summed E-state index contributed by atoms with van der Waals surface area (Å²) >= 11 is 0. The third kappa shape index (κ3) is 8.15. The van der Waals surface area contributed by atoms with Crippen molar-refractivity contribution in [1.29, 1.82) is 0 Å². The lowest BCUT2D eigenvalue weighted by atomic mass is 10.2. The second-order valence-corrected chi connectivity index (χ2v) is 6.23. The fourth-order valence-electron chi connectivity index (χ4n) is 1.19. The van der Waals surface area contributed by atoms with Gasteiger partial charge in [0.2, 0.25) is 0 Å². The first kappa shape index (κ1) is 16.4. The van der Waals surface area contributed by atoms with Gasteiger partial charge in [0.25, 0.3) is 0 Å². The molecular formula is C11H24N2O3S. The van der Waals surface area contributed by atoms with Crippen LogP contribution in [-0.4, -0.2) is 46.7 Å².